The Balaban J connectivity index is 1.93. The van der Waals surface area contributed by atoms with Crippen molar-refractivity contribution in [1.29, 1.82) is 0 Å². The molecule has 0 fully saturated rings. The first-order valence-electron chi connectivity index (χ1n) is 4.80. The number of carbonyl (C=O) groups excluding carboxylic acids is 1. The van der Waals surface area contributed by atoms with Gasteiger partial charge in [0.05, 0.1) is 16.1 Å². The number of halogens is 3. The molecule has 96 valence electrons. The lowest BCUT2D eigenvalue weighted by Crippen LogP contribution is -2.36. The van der Waals surface area contributed by atoms with E-state index in [-0.39, 0.29) is 5.88 Å². The third kappa shape index (κ3) is 3.14. The number of rotatable bonds is 3. The van der Waals surface area contributed by atoms with E-state index >= 15 is 0 Å². The first-order chi connectivity index (χ1) is 8.47. The van der Waals surface area contributed by atoms with Crippen molar-refractivity contribution in [3.05, 3.63) is 24.3 Å². The third-order valence-corrected chi connectivity index (χ3v) is 4.02. The summed E-state index contributed by atoms with van der Waals surface area (Å²) in [5, 5.41) is 1.78. The number of aromatic nitrogens is 1. The van der Waals surface area contributed by atoms with Crippen LogP contribution < -0.4 is 5.32 Å². The van der Waals surface area contributed by atoms with Gasteiger partial charge in [0.1, 0.15) is 0 Å². The van der Waals surface area contributed by atoms with Gasteiger partial charge in [-0.1, -0.05) is 23.9 Å². The fourth-order valence-electron chi connectivity index (χ4n) is 1.18. The van der Waals surface area contributed by atoms with Gasteiger partial charge in [-0.05, 0) is 12.1 Å². The molecular formula is C10H7F3N2OS2. The van der Waals surface area contributed by atoms with Crippen LogP contribution in [0.3, 0.4) is 0 Å². The zero-order valence-corrected chi connectivity index (χ0v) is 10.5. The van der Waals surface area contributed by atoms with Gasteiger partial charge in [0.2, 0.25) is 0 Å². The minimum atomic E-state index is -4.84. The molecule has 0 radical (unpaired) electrons. The Morgan fingerprint density at radius 1 is 1.39 bits per heavy atom. The highest BCUT2D eigenvalue weighted by atomic mass is 32.2. The molecule has 1 aromatic carbocycles. The van der Waals surface area contributed by atoms with Crippen LogP contribution in [-0.2, 0) is 4.79 Å². The van der Waals surface area contributed by atoms with Crippen LogP contribution >= 0.6 is 23.1 Å². The largest absolute Gasteiger partial charge is 0.471 e. The Hall–Kier alpha value is -1.28. The molecule has 0 saturated heterocycles. The molecule has 0 bridgehead atoms. The first kappa shape index (κ1) is 13.2. The van der Waals surface area contributed by atoms with Crippen LogP contribution in [-0.4, -0.2) is 22.9 Å². The molecule has 0 atom stereocenters. The summed E-state index contributed by atoms with van der Waals surface area (Å²) in [6.07, 6.45) is -4.84. The molecule has 0 unspecified atom stereocenters. The van der Waals surface area contributed by atoms with Gasteiger partial charge < -0.3 is 5.32 Å². The lowest BCUT2D eigenvalue weighted by molar-refractivity contribution is -0.173. The number of hydrogen-bond acceptors (Lipinski definition) is 4. The summed E-state index contributed by atoms with van der Waals surface area (Å²) < 4.78 is 37.3. The highest BCUT2D eigenvalue weighted by molar-refractivity contribution is 8.01. The molecule has 3 nitrogen and oxygen atoms in total. The van der Waals surface area contributed by atoms with E-state index in [0.717, 1.165) is 22.0 Å². The zero-order valence-electron chi connectivity index (χ0n) is 8.82. The number of carbonyl (C=O) groups is 1. The zero-order chi connectivity index (χ0) is 13.2. The van der Waals surface area contributed by atoms with Gasteiger partial charge in [-0.3, -0.25) is 4.79 Å². The van der Waals surface area contributed by atoms with Gasteiger partial charge in [0.25, 0.3) is 0 Å². The summed E-state index contributed by atoms with van der Waals surface area (Å²) in [6.45, 7) is 0. The molecule has 1 N–H and O–H groups in total. The molecule has 0 aliphatic carbocycles. The van der Waals surface area contributed by atoms with E-state index in [1.807, 2.05) is 24.3 Å². The second-order valence-corrected chi connectivity index (χ2v) is 5.49. The number of benzene rings is 1. The fraction of sp³-hybridized carbons (Fsp3) is 0.200. The average molecular weight is 292 g/mol. The number of hydrogen-bond donors (Lipinski definition) is 1. The predicted octanol–water partition coefficient (Wildman–Crippen LogP) is 3.02. The number of nitrogens with one attached hydrogen (secondary N) is 1. The summed E-state index contributed by atoms with van der Waals surface area (Å²) >= 11 is 2.44. The van der Waals surface area contributed by atoms with E-state index in [1.54, 1.807) is 5.32 Å². The number of thioether (sulfide) groups is 1. The smallest absolute Gasteiger partial charge is 0.339 e. The van der Waals surface area contributed by atoms with Crippen LogP contribution in [0.1, 0.15) is 0 Å². The van der Waals surface area contributed by atoms with Crippen molar-refractivity contribution in [2.45, 2.75) is 10.5 Å². The van der Waals surface area contributed by atoms with E-state index in [9.17, 15) is 18.0 Å². The summed E-state index contributed by atoms with van der Waals surface area (Å²) in [5.74, 6) is -2.09. The van der Waals surface area contributed by atoms with E-state index in [1.165, 1.54) is 11.3 Å². The van der Waals surface area contributed by atoms with E-state index in [0.29, 0.717) is 4.34 Å². The van der Waals surface area contributed by atoms with E-state index in [4.69, 9.17) is 0 Å². The van der Waals surface area contributed by atoms with Gasteiger partial charge in [0, 0.05) is 0 Å². The normalized spacial score (nSPS) is 11.7. The molecule has 1 aromatic heterocycles. The maximum absolute atomic E-state index is 11.9. The van der Waals surface area contributed by atoms with Crippen LogP contribution in [0, 0.1) is 0 Å². The van der Waals surface area contributed by atoms with Gasteiger partial charge in [0.15, 0.2) is 4.34 Å². The van der Waals surface area contributed by atoms with Crippen LogP contribution in [0.5, 0.6) is 0 Å². The number of fused-ring (bicyclic) bond motifs is 1. The van der Waals surface area contributed by atoms with Crippen molar-refractivity contribution >= 4 is 39.2 Å². The fourth-order valence-corrected chi connectivity index (χ4v) is 3.04. The Morgan fingerprint density at radius 3 is 2.78 bits per heavy atom. The van der Waals surface area contributed by atoms with Gasteiger partial charge in [-0.25, -0.2) is 4.98 Å². The van der Waals surface area contributed by atoms with E-state index < -0.39 is 12.1 Å². The molecule has 0 aliphatic rings. The Labute approximate surface area is 108 Å². The van der Waals surface area contributed by atoms with Crippen molar-refractivity contribution in [3.8, 4) is 0 Å². The SMILES string of the molecule is O=C(NCSc1nc2ccccc2s1)C(F)(F)F. The molecule has 0 aliphatic heterocycles. The summed E-state index contributed by atoms with van der Waals surface area (Å²) in [5.41, 5.74) is 0.798. The van der Waals surface area contributed by atoms with Gasteiger partial charge in [-0.15, -0.1) is 11.3 Å². The molecule has 1 amide bonds. The van der Waals surface area contributed by atoms with Crippen LogP contribution in [0.15, 0.2) is 28.6 Å². The van der Waals surface area contributed by atoms with Crippen LogP contribution in [0.25, 0.3) is 10.2 Å². The topological polar surface area (TPSA) is 42.0 Å². The van der Waals surface area contributed by atoms with Crippen molar-refractivity contribution in [2.75, 3.05) is 5.88 Å². The lowest BCUT2D eigenvalue weighted by Gasteiger charge is -2.05. The third-order valence-electron chi connectivity index (χ3n) is 1.96. The number of para-hydroxylation sites is 1. The van der Waals surface area contributed by atoms with Gasteiger partial charge >= 0.3 is 12.1 Å². The van der Waals surface area contributed by atoms with E-state index in [2.05, 4.69) is 4.98 Å². The Morgan fingerprint density at radius 2 is 2.11 bits per heavy atom. The van der Waals surface area contributed by atoms with Crippen LogP contribution in [0.2, 0.25) is 0 Å². The van der Waals surface area contributed by atoms with Crippen molar-refractivity contribution in [1.82, 2.24) is 10.3 Å². The standard InChI is InChI=1S/C10H7F3N2OS2/c11-10(12,13)8(16)14-5-17-9-15-6-3-1-2-4-7(6)18-9/h1-4H,5H2,(H,14,16). The van der Waals surface area contributed by atoms with Crippen molar-refractivity contribution in [3.63, 3.8) is 0 Å². The molecule has 8 heteroatoms. The highest BCUT2D eigenvalue weighted by Gasteiger charge is 2.38. The maximum atomic E-state index is 11.9. The highest BCUT2D eigenvalue weighted by Crippen LogP contribution is 2.28. The predicted molar refractivity (Wildman–Crippen MR) is 64.5 cm³/mol. The Bertz CT molecular complexity index is 534. The monoisotopic (exact) mass is 292 g/mol. The molecule has 2 rings (SSSR count). The minimum absolute atomic E-state index is 0.155. The first-order valence-corrected chi connectivity index (χ1v) is 6.60. The molecule has 2 aromatic rings. The summed E-state index contributed by atoms with van der Waals surface area (Å²) in [7, 11) is 0. The van der Waals surface area contributed by atoms with Crippen molar-refractivity contribution < 1.29 is 18.0 Å². The minimum Gasteiger partial charge on any atom is -0.339 e. The number of thiazole rings is 1. The van der Waals surface area contributed by atoms with Crippen LogP contribution in [0.4, 0.5) is 13.2 Å². The number of nitrogens with zero attached hydrogens (tertiary/aromatic N) is 1. The molecule has 0 saturated carbocycles. The summed E-state index contributed by atoms with van der Waals surface area (Å²) in [6, 6.07) is 7.40. The Kier molecular flexibility index (Phi) is 3.76. The van der Waals surface area contributed by atoms with Gasteiger partial charge in [-0.2, -0.15) is 13.2 Å². The molecule has 0 spiro atoms. The van der Waals surface area contributed by atoms with Crippen molar-refractivity contribution in [2.24, 2.45) is 0 Å². The quantitative estimate of drug-likeness (QED) is 0.698. The number of alkyl halides is 3. The molecule has 18 heavy (non-hydrogen) atoms. The summed E-state index contributed by atoms with van der Waals surface area (Å²) in [4.78, 5) is 14.8. The number of amides is 1. The second-order valence-electron chi connectivity index (χ2n) is 3.24. The lowest BCUT2D eigenvalue weighted by atomic mass is 10.3. The maximum Gasteiger partial charge on any atom is 0.471 e. The second kappa shape index (κ2) is 5.15. The average Bonchev–Trinajstić information content (AvgIpc) is 2.70. The molecular weight excluding hydrogens is 285 g/mol. The molecule has 1 heterocycles.